The van der Waals surface area contributed by atoms with Gasteiger partial charge in [-0.1, -0.05) is 78.9 Å². The number of carbonyl (C=O) groups is 1. The second kappa shape index (κ2) is 8.28. The molecule has 3 aromatic rings. The van der Waals surface area contributed by atoms with E-state index in [0.29, 0.717) is 0 Å². The van der Waals surface area contributed by atoms with Crippen molar-refractivity contribution in [3.8, 4) is 11.1 Å². The first-order valence-corrected chi connectivity index (χ1v) is 8.27. The van der Waals surface area contributed by atoms with Crippen molar-refractivity contribution < 1.29 is 23.7 Å². The van der Waals surface area contributed by atoms with Crippen LogP contribution in [0, 0.1) is 6.92 Å². The number of benzene rings is 3. The maximum atomic E-state index is 12.8. The van der Waals surface area contributed by atoms with E-state index < -0.39 is 0 Å². The van der Waals surface area contributed by atoms with Gasteiger partial charge in [-0.25, -0.2) is 0 Å². The summed E-state index contributed by atoms with van der Waals surface area (Å²) in [7, 11) is 0.154. The Morgan fingerprint density at radius 1 is 0.783 bits per heavy atom. The fourth-order valence-corrected chi connectivity index (χ4v) is 3.62. The molecule has 0 bridgehead atoms. The van der Waals surface area contributed by atoms with Gasteiger partial charge in [0, 0.05) is 5.56 Å². The van der Waals surface area contributed by atoms with Crippen LogP contribution in [0.5, 0.6) is 0 Å². The minimum absolute atomic E-state index is 0. The predicted molar refractivity (Wildman–Crippen MR) is 95.3 cm³/mol. The van der Waals surface area contributed by atoms with Crippen molar-refractivity contribution >= 4 is 19.4 Å². The van der Waals surface area contributed by atoms with Gasteiger partial charge in [0.05, 0.1) is 0 Å². The smallest absolute Gasteiger partial charge is 0.289 e. The molecule has 0 aliphatic rings. The Bertz CT molecular complexity index is 785. The summed E-state index contributed by atoms with van der Waals surface area (Å²) in [5.74, 6) is 0. The van der Waals surface area contributed by atoms with E-state index in [4.69, 9.17) is 0 Å². The first-order valence-electron chi connectivity index (χ1n) is 7.27. The Morgan fingerprint density at radius 3 is 2.04 bits per heavy atom. The molecule has 0 aliphatic heterocycles. The minimum Gasteiger partial charge on any atom is -0.289 e. The molecule has 1 atom stereocenters. The van der Waals surface area contributed by atoms with Crippen molar-refractivity contribution in [2.24, 2.45) is 0 Å². The Hall–Kier alpha value is -1.64. The average molecular weight is 311 g/mol. The van der Waals surface area contributed by atoms with E-state index in [1.165, 1.54) is 0 Å². The zero-order valence-electron chi connectivity index (χ0n) is 13.4. The van der Waals surface area contributed by atoms with Crippen LogP contribution >= 0.6 is 8.58 Å². The second-order valence-electron chi connectivity index (χ2n) is 5.18. The first-order chi connectivity index (χ1) is 10.8. The number of carbonyl (C=O) groups excluding carboxylic acids is 1. The summed E-state index contributed by atoms with van der Waals surface area (Å²) in [5, 5.41) is 1.08. The van der Waals surface area contributed by atoms with E-state index in [1.807, 2.05) is 73.7 Å². The molecule has 1 unspecified atom stereocenters. The van der Waals surface area contributed by atoms with Crippen molar-refractivity contribution in [2.45, 2.75) is 6.92 Å². The van der Waals surface area contributed by atoms with E-state index in [0.717, 1.165) is 27.6 Å². The molecule has 0 heterocycles. The standard InChI is InChI=1S/C20H17OP.Li/c1-15-9-8-14-18(16-10-4-2-5-11-16)19(15)20(21)22-17-12-6-3-7-13-17;/h2-14,22H,1H3;/q;+1. The molecule has 0 radical (unpaired) electrons. The average Bonchev–Trinajstić information content (AvgIpc) is 2.56. The molecule has 3 rings (SSSR count). The van der Waals surface area contributed by atoms with Gasteiger partial charge in [0.1, 0.15) is 0 Å². The fraction of sp³-hybridized carbons (Fsp3) is 0.0500. The van der Waals surface area contributed by atoms with Gasteiger partial charge >= 0.3 is 18.9 Å². The Morgan fingerprint density at radius 2 is 1.39 bits per heavy atom. The maximum absolute atomic E-state index is 12.8. The molecule has 0 fully saturated rings. The first kappa shape index (κ1) is 17.7. The molecule has 0 saturated carbocycles. The summed E-state index contributed by atoms with van der Waals surface area (Å²) in [6.07, 6.45) is 0. The van der Waals surface area contributed by atoms with Crippen LogP contribution in [0.1, 0.15) is 15.9 Å². The van der Waals surface area contributed by atoms with Crippen LogP contribution in [-0.4, -0.2) is 5.52 Å². The Balaban J connectivity index is 0.00000192. The predicted octanol–water partition coefficient (Wildman–Crippen LogP) is 1.81. The third-order valence-electron chi connectivity index (χ3n) is 3.62. The third kappa shape index (κ3) is 4.21. The molecule has 3 heteroatoms. The number of aryl methyl sites for hydroxylation is 1. The van der Waals surface area contributed by atoms with Gasteiger partial charge in [0.25, 0.3) is 0 Å². The van der Waals surface area contributed by atoms with Crippen LogP contribution in [0.25, 0.3) is 11.1 Å². The number of rotatable bonds is 4. The van der Waals surface area contributed by atoms with E-state index in [9.17, 15) is 4.79 Å². The van der Waals surface area contributed by atoms with Gasteiger partial charge in [-0.2, -0.15) is 0 Å². The topological polar surface area (TPSA) is 17.1 Å². The molecule has 108 valence electrons. The van der Waals surface area contributed by atoms with Crippen molar-refractivity contribution in [2.75, 3.05) is 0 Å². The molecule has 23 heavy (non-hydrogen) atoms. The quantitative estimate of drug-likeness (QED) is 0.530. The summed E-state index contributed by atoms with van der Waals surface area (Å²) in [5.41, 5.74) is 4.19. The van der Waals surface area contributed by atoms with E-state index in [2.05, 4.69) is 12.1 Å². The Labute approximate surface area is 151 Å². The molecule has 0 aliphatic carbocycles. The summed E-state index contributed by atoms with van der Waals surface area (Å²) in [6, 6.07) is 26.1. The molecule has 0 aromatic heterocycles. The molecule has 0 spiro atoms. The van der Waals surface area contributed by atoms with Crippen molar-refractivity contribution in [1.82, 2.24) is 0 Å². The van der Waals surface area contributed by atoms with Crippen molar-refractivity contribution in [3.63, 3.8) is 0 Å². The Kier molecular flexibility index (Phi) is 6.37. The monoisotopic (exact) mass is 311 g/mol. The summed E-state index contributed by atoms with van der Waals surface area (Å²) < 4.78 is 0. The minimum atomic E-state index is 0. The molecular weight excluding hydrogens is 294 g/mol. The van der Waals surface area contributed by atoms with E-state index in [-0.39, 0.29) is 33.0 Å². The van der Waals surface area contributed by atoms with E-state index >= 15 is 0 Å². The van der Waals surface area contributed by atoms with Gasteiger partial charge < -0.3 is 0 Å². The van der Waals surface area contributed by atoms with E-state index in [1.54, 1.807) is 0 Å². The van der Waals surface area contributed by atoms with Gasteiger partial charge in [-0.05, 0) is 37.5 Å². The zero-order valence-corrected chi connectivity index (χ0v) is 14.4. The number of hydrogen-bond acceptors (Lipinski definition) is 1. The van der Waals surface area contributed by atoms with Gasteiger partial charge in [-0.15, -0.1) is 0 Å². The molecule has 0 N–H and O–H groups in total. The summed E-state index contributed by atoms with van der Waals surface area (Å²) in [4.78, 5) is 12.8. The van der Waals surface area contributed by atoms with Crippen LogP contribution in [0.3, 0.4) is 0 Å². The third-order valence-corrected chi connectivity index (χ3v) is 4.72. The SMILES string of the molecule is Cc1cccc(-c2ccccc2)c1C(=O)Pc1ccccc1.[Li+]. The van der Waals surface area contributed by atoms with Gasteiger partial charge in [-0.3, -0.25) is 4.79 Å². The molecule has 3 aromatic carbocycles. The molecule has 0 saturated heterocycles. The van der Waals surface area contributed by atoms with Crippen LogP contribution in [-0.2, 0) is 0 Å². The fourth-order valence-electron chi connectivity index (χ4n) is 2.54. The van der Waals surface area contributed by atoms with Crippen LogP contribution in [0.15, 0.2) is 78.9 Å². The normalized spacial score (nSPS) is 10.5. The van der Waals surface area contributed by atoms with Crippen molar-refractivity contribution in [1.29, 1.82) is 0 Å². The molecular formula is C20H17LiOP+. The molecule has 1 nitrogen and oxygen atoms in total. The van der Waals surface area contributed by atoms with Crippen LogP contribution in [0.2, 0.25) is 0 Å². The van der Waals surface area contributed by atoms with Crippen molar-refractivity contribution in [3.05, 3.63) is 90.0 Å². The van der Waals surface area contributed by atoms with Crippen LogP contribution < -0.4 is 24.2 Å². The van der Waals surface area contributed by atoms with Gasteiger partial charge in [0.15, 0.2) is 5.52 Å². The van der Waals surface area contributed by atoms with Crippen LogP contribution in [0.4, 0.5) is 0 Å². The second-order valence-corrected chi connectivity index (χ2v) is 6.47. The zero-order chi connectivity index (χ0) is 15.4. The maximum Gasteiger partial charge on any atom is 1.00 e. The summed E-state index contributed by atoms with van der Waals surface area (Å²) >= 11 is 0. The van der Waals surface area contributed by atoms with Gasteiger partial charge in [0.2, 0.25) is 0 Å². The largest absolute Gasteiger partial charge is 1.00 e. The molecule has 0 amide bonds. The summed E-state index contributed by atoms with van der Waals surface area (Å²) in [6.45, 7) is 2.01. The number of hydrogen-bond donors (Lipinski definition) is 0.